The molecule has 1 N–H and O–H groups in total. The smallest absolute Gasteiger partial charge is 0.251 e. The van der Waals surface area contributed by atoms with Crippen LogP contribution in [-0.2, 0) is 14.8 Å². The highest BCUT2D eigenvalue weighted by Gasteiger charge is 2.33. The Hall–Kier alpha value is -3.43. The van der Waals surface area contributed by atoms with Gasteiger partial charge in [0, 0.05) is 31.7 Å². The minimum Gasteiger partial charge on any atom is -0.457 e. The van der Waals surface area contributed by atoms with E-state index >= 15 is 0 Å². The van der Waals surface area contributed by atoms with Crippen molar-refractivity contribution in [2.45, 2.75) is 11.7 Å². The van der Waals surface area contributed by atoms with Gasteiger partial charge in [0.1, 0.15) is 11.5 Å². The molecule has 2 aromatic carbocycles. The highest BCUT2D eigenvalue weighted by molar-refractivity contribution is 7.89. The molecule has 2 aliphatic rings. The molecule has 1 unspecified atom stereocenters. The average Bonchev–Trinajstić information content (AvgIpc) is 2.88. The summed E-state index contributed by atoms with van der Waals surface area (Å²) in [6, 6.07) is 16.0. The number of ether oxygens (including phenoxy) is 1. The Kier molecular flexibility index (Phi) is 7.44. The van der Waals surface area contributed by atoms with Crippen molar-refractivity contribution in [3.63, 3.8) is 0 Å². The minimum absolute atomic E-state index is 0.149. The van der Waals surface area contributed by atoms with Crippen molar-refractivity contribution in [1.82, 2.24) is 14.5 Å². The van der Waals surface area contributed by atoms with Gasteiger partial charge >= 0.3 is 0 Å². The van der Waals surface area contributed by atoms with Crippen molar-refractivity contribution >= 4 is 21.8 Å². The standard InChI is InChI=1S/C25H27N3O5S/c29-24(27-15-17-28(18-16-27)34(31,32)23-9-5-2-6-10-23)19-26-25(30)20-11-13-22(14-12-20)33-21-7-3-1-4-8-21/h1-9,11-14,23H,10,15-19H2,(H,26,30). The summed E-state index contributed by atoms with van der Waals surface area (Å²) in [5, 5.41) is 2.09. The maximum atomic E-state index is 12.8. The molecule has 0 radical (unpaired) electrons. The molecule has 9 heteroatoms. The monoisotopic (exact) mass is 481 g/mol. The van der Waals surface area contributed by atoms with E-state index in [0.717, 1.165) is 0 Å². The van der Waals surface area contributed by atoms with Crippen molar-refractivity contribution in [2.75, 3.05) is 32.7 Å². The van der Waals surface area contributed by atoms with E-state index < -0.39 is 15.3 Å². The van der Waals surface area contributed by atoms with Gasteiger partial charge in [-0.25, -0.2) is 8.42 Å². The molecule has 4 rings (SSSR count). The lowest BCUT2D eigenvalue weighted by Crippen LogP contribution is -2.54. The first-order chi connectivity index (χ1) is 16.4. The fraction of sp³-hybridized carbons (Fsp3) is 0.280. The zero-order valence-electron chi connectivity index (χ0n) is 18.7. The molecule has 0 spiro atoms. The molecule has 0 bridgehead atoms. The zero-order valence-corrected chi connectivity index (χ0v) is 19.5. The summed E-state index contributed by atoms with van der Waals surface area (Å²) < 4.78 is 32.7. The molecule has 2 amide bonds. The number of sulfonamides is 1. The van der Waals surface area contributed by atoms with Gasteiger partial charge in [-0.05, 0) is 42.8 Å². The molecule has 1 aliphatic heterocycles. The minimum atomic E-state index is -3.44. The summed E-state index contributed by atoms with van der Waals surface area (Å²) in [6.07, 6.45) is 7.59. The molecule has 2 aromatic rings. The van der Waals surface area contributed by atoms with Crippen LogP contribution in [0.3, 0.4) is 0 Å². The van der Waals surface area contributed by atoms with Crippen LogP contribution >= 0.6 is 0 Å². The van der Waals surface area contributed by atoms with Crippen LogP contribution in [0.2, 0.25) is 0 Å². The number of para-hydroxylation sites is 1. The Labute approximate surface area is 199 Å². The number of nitrogens with zero attached hydrogens (tertiary/aromatic N) is 2. The Balaban J connectivity index is 1.23. The fourth-order valence-electron chi connectivity index (χ4n) is 3.83. The van der Waals surface area contributed by atoms with Gasteiger partial charge in [0.15, 0.2) is 0 Å². The number of carbonyl (C=O) groups excluding carboxylic acids is 2. The van der Waals surface area contributed by atoms with Crippen molar-refractivity contribution in [3.8, 4) is 11.5 Å². The van der Waals surface area contributed by atoms with E-state index in [-0.39, 0.29) is 31.4 Å². The predicted octanol–water partition coefficient (Wildman–Crippen LogP) is 2.57. The van der Waals surface area contributed by atoms with Crippen LogP contribution in [0.5, 0.6) is 11.5 Å². The fourth-order valence-corrected chi connectivity index (χ4v) is 5.53. The van der Waals surface area contributed by atoms with Gasteiger partial charge < -0.3 is 15.0 Å². The first kappa shape index (κ1) is 23.7. The van der Waals surface area contributed by atoms with E-state index in [9.17, 15) is 18.0 Å². The van der Waals surface area contributed by atoms with Gasteiger partial charge in [0.2, 0.25) is 15.9 Å². The van der Waals surface area contributed by atoms with Crippen LogP contribution in [-0.4, -0.2) is 67.4 Å². The van der Waals surface area contributed by atoms with E-state index in [1.54, 1.807) is 41.3 Å². The van der Waals surface area contributed by atoms with E-state index in [1.807, 2.05) is 42.5 Å². The summed E-state index contributed by atoms with van der Waals surface area (Å²) in [7, 11) is -3.44. The quantitative estimate of drug-likeness (QED) is 0.656. The second-order valence-electron chi connectivity index (χ2n) is 8.03. The van der Waals surface area contributed by atoms with Gasteiger partial charge in [-0.3, -0.25) is 9.59 Å². The number of hydrogen-bond acceptors (Lipinski definition) is 5. The van der Waals surface area contributed by atoms with E-state index in [4.69, 9.17) is 4.74 Å². The van der Waals surface area contributed by atoms with Gasteiger partial charge in [-0.1, -0.05) is 42.5 Å². The van der Waals surface area contributed by atoms with Crippen LogP contribution < -0.4 is 10.1 Å². The highest BCUT2D eigenvalue weighted by Crippen LogP contribution is 2.21. The number of rotatable bonds is 7. The lowest BCUT2D eigenvalue weighted by atomic mass is 10.2. The van der Waals surface area contributed by atoms with E-state index in [1.165, 1.54) is 4.31 Å². The molecule has 1 heterocycles. The highest BCUT2D eigenvalue weighted by atomic mass is 32.2. The summed E-state index contributed by atoms with van der Waals surface area (Å²) >= 11 is 0. The number of nitrogens with one attached hydrogen (secondary N) is 1. The van der Waals surface area contributed by atoms with Crippen molar-refractivity contribution in [2.24, 2.45) is 0 Å². The molecule has 1 saturated heterocycles. The lowest BCUT2D eigenvalue weighted by Gasteiger charge is -2.35. The number of allylic oxidation sites excluding steroid dienone is 3. The molecule has 178 valence electrons. The van der Waals surface area contributed by atoms with Gasteiger partial charge in [0.05, 0.1) is 11.8 Å². The van der Waals surface area contributed by atoms with Crippen molar-refractivity contribution in [3.05, 3.63) is 84.5 Å². The largest absolute Gasteiger partial charge is 0.457 e. The summed E-state index contributed by atoms with van der Waals surface area (Å²) in [5.74, 6) is 0.699. The predicted molar refractivity (Wildman–Crippen MR) is 129 cm³/mol. The third-order valence-electron chi connectivity index (χ3n) is 5.77. The Morgan fingerprint density at radius 2 is 1.59 bits per heavy atom. The topological polar surface area (TPSA) is 96.0 Å². The number of benzene rings is 2. The van der Waals surface area contributed by atoms with Crippen LogP contribution in [0.25, 0.3) is 0 Å². The van der Waals surface area contributed by atoms with Crippen molar-refractivity contribution < 1.29 is 22.7 Å². The van der Waals surface area contributed by atoms with Crippen LogP contribution in [0, 0.1) is 0 Å². The molecule has 0 aromatic heterocycles. The number of amides is 2. The van der Waals surface area contributed by atoms with Crippen LogP contribution in [0.1, 0.15) is 16.8 Å². The molecule has 34 heavy (non-hydrogen) atoms. The Bertz CT molecular complexity index is 1170. The lowest BCUT2D eigenvalue weighted by molar-refractivity contribution is -0.131. The molecule has 1 aliphatic carbocycles. The van der Waals surface area contributed by atoms with E-state index in [0.29, 0.717) is 36.6 Å². The molecule has 1 atom stereocenters. The second kappa shape index (κ2) is 10.7. The average molecular weight is 482 g/mol. The summed E-state index contributed by atoms with van der Waals surface area (Å²) in [4.78, 5) is 26.6. The Morgan fingerprint density at radius 1 is 0.912 bits per heavy atom. The Morgan fingerprint density at radius 3 is 2.24 bits per heavy atom. The molecule has 8 nitrogen and oxygen atoms in total. The van der Waals surface area contributed by atoms with Gasteiger partial charge in [-0.2, -0.15) is 4.31 Å². The first-order valence-corrected chi connectivity index (χ1v) is 12.6. The molecular weight excluding hydrogens is 454 g/mol. The maximum absolute atomic E-state index is 12.8. The molecule has 0 saturated carbocycles. The normalized spacial score (nSPS) is 18.5. The van der Waals surface area contributed by atoms with Gasteiger partial charge in [-0.15, -0.1) is 0 Å². The van der Waals surface area contributed by atoms with Crippen LogP contribution in [0.4, 0.5) is 0 Å². The zero-order chi connectivity index (χ0) is 24.0. The third-order valence-corrected chi connectivity index (χ3v) is 7.97. The summed E-state index contributed by atoms with van der Waals surface area (Å²) in [5.41, 5.74) is 0.415. The maximum Gasteiger partial charge on any atom is 0.251 e. The molecule has 1 fully saturated rings. The SMILES string of the molecule is O=C(NCC(=O)N1CCN(S(=O)(=O)C2C=CC=CC2)CC1)c1ccc(Oc2ccccc2)cc1. The van der Waals surface area contributed by atoms with Crippen LogP contribution in [0.15, 0.2) is 78.9 Å². The number of piperazine rings is 1. The number of hydrogen-bond donors (Lipinski definition) is 1. The molecular formula is C25H27N3O5S. The summed E-state index contributed by atoms with van der Waals surface area (Å²) in [6.45, 7) is 0.944. The third kappa shape index (κ3) is 5.73. The second-order valence-corrected chi connectivity index (χ2v) is 10.2. The van der Waals surface area contributed by atoms with Gasteiger partial charge in [0.25, 0.3) is 5.91 Å². The van der Waals surface area contributed by atoms with E-state index in [2.05, 4.69) is 5.32 Å². The first-order valence-electron chi connectivity index (χ1n) is 11.1. The number of carbonyl (C=O) groups is 2. The van der Waals surface area contributed by atoms with Crippen molar-refractivity contribution in [1.29, 1.82) is 0 Å².